The van der Waals surface area contributed by atoms with Gasteiger partial charge in [0.1, 0.15) is 5.75 Å². The van der Waals surface area contributed by atoms with Gasteiger partial charge in [0.2, 0.25) is 0 Å². The molecule has 0 aliphatic heterocycles. The second-order valence-electron chi connectivity index (χ2n) is 4.71. The van der Waals surface area contributed by atoms with Crippen LogP contribution in [0.5, 0.6) is 5.75 Å². The number of methoxy groups -OCH3 is 2. The summed E-state index contributed by atoms with van der Waals surface area (Å²) >= 11 is 0. The van der Waals surface area contributed by atoms with Crippen LogP contribution in [-0.2, 0) is 4.74 Å². The zero-order valence-corrected chi connectivity index (χ0v) is 12.2. The average Bonchev–Trinajstić information content (AvgIpc) is 2.60. The van der Waals surface area contributed by atoms with E-state index in [0.29, 0.717) is 11.2 Å². The summed E-state index contributed by atoms with van der Waals surface area (Å²) in [5.74, 6) is 0.386. The molecular weight excluding hydrogens is 280 g/mol. The van der Waals surface area contributed by atoms with E-state index in [9.17, 15) is 4.79 Å². The number of pyridine rings is 2. The Kier molecular flexibility index (Phi) is 3.70. The molecule has 2 heterocycles. The summed E-state index contributed by atoms with van der Waals surface area (Å²) in [4.78, 5) is 20.1. The Balaban J connectivity index is 2.05. The van der Waals surface area contributed by atoms with Crippen molar-refractivity contribution < 1.29 is 14.3 Å². The van der Waals surface area contributed by atoms with Crippen LogP contribution in [0, 0.1) is 0 Å². The third-order valence-corrected chi connectivity index (χ3v) is 3.38. The van der Waals surface area contributed by atoms with Crippen LogP contribution in [0.15, 0.2) is 48.8 Å². The van der Waals surface area contributed by atoms with Crippen LogP contribution >= 0.6 is 0 Å². The largest absolute Gasteiger partial charge is 0.497 e. The van der Waals surface area contributed by atoms with Gasteiger partial charge in [-0.15, -0.1) is 0 Å². The maximum atomic E-state index is 11.6. The molecule has 3 rings (SSSR count). The van der Waals surface area contributed by atoms with Crippen molar-refractivity contribution in [3.05, 3.63) is 54.4 Å². The molecule has 3 aromatic rings. The lowest BCUT2D eigenvalue weighted by atomic mass is 10.1. The molecule has 0 spiro atoms. The highest BCUT2D eigenvalue weighted by molar-refractivity contribution is 5.93. The van der Waals surface area contributed by atoms with Gasteiger partial charge >= 0.3 is 5.97 Å². The number of aromatic nitrogens is 2. The van der Waals surface area contributed by atoms with Crippen molar-refractivity contribution in [3.63, 3.8) is 0 Å². The molecule has 2 aromatic heterocycles. The molecule has 0 aliphatic carbocycles. The van der Waals surface area contributed by atoms with Gasteiger partial charge in [0.25, 0.3) is 0 Å². The van der Waals surface area contributed by atoms with E-state index >= 15 is 0 Å². The standard InChI is InChI=1S/C17H14N2O3/c1-21-15-5-3-11(4-6-15)13-7-12-8-14(17(20)22-2)10-19-16(12)18-9-13/h3-10H,1-2H3. The van der Waals surface area contributed by atoms with Crippen LogP contribution in [0.25, 0.3) is 22.2 Å². The van der Waals surface area contributed by atoms with E-state index in [0.717, 1.165) is 22.3 Å². The molecule has 0 saturated carbocycles. The van der Waals surface area contributed by atoms with Gasteiger partial charge in [-0.1, -0.05) is 12.1 Å². The van der Waals surface area contributed by atoms with E-state index in [1.54, 1.807) is 19.4 Å². The third kappa shape index (κ3) is 2.61. The number of benzene rings is 1. The fraction of sp³-hybridized carbons (Fsp3) is 0.118. The molecule has 5 heteroatoms. The van der Waals surface area contributed by atoms with Gasteiger partial charge in [-0.2, -0.15) is 0 Å². The molecule has 0 aliphatic rings. The molecule has 0 bridgehead atoms. The summed E-state index contributed by atoms with van der Waals surface area (Å²) in [5.41, 5.74) is 2.95. The summed E-state index contributed by atoms with van der Waals surface area (Å²) in [6, 6.07) is 11.4. The first-order chi connectivity index (χ1) is 10.7. The minimum atomic E-state index is -0.413. The lowest BCUT2D eigenvalue weighted by molar-refractivity contribution is 0.0600. The lowest BCUT2D eigenvalue weighted by Crippen LogP contribution is -2.02. The number of fused-ring (bicyclic) bond motifs is 1. The van der Waals surface area contributed by atoms with Crippen molar-refractivity contribution in [2.75, 3.05) is 14.2 Å². The smallest absolute Gasteiger partial charge is 0.339 e. The zero-order valence-electron chi connectivity index (χ0n) is 12.2. The van der Waals surface area contributed by atoms with Gasteiger partial charge in [0.15, 0.2) is 5.65 Å². The van der Waals surface area contributed by atoms with E-state index < -0.39 is 5.97 Å². The number of hydrogen-bond acceptors (Lipinski definition) is 5. The van der Waals surface area contributed by atoms with Gasteiger partial charge < -0.3 is 9.47 Å². The molecule has 0 unspecified atom stereocenters. The van der Waals surface area contributed by atoms with Crippen LogP contribution in [0.1, 0.15) is 10.4 Å². The molecule has 110 valence electrons. The molecular formula is C17H14N2O3. The lowest BCUT2D eigenvalue weighted by Gasteiger charge is -2.06. The fourth-order valence-corrected chi connectivity index (χ4v) is 2.19. The van der Waals surface area contributed by atoms with Crippen molar-refractivity contribution in [1.82, 2.24) is 9.97 Å². The topological polar surface area (TPSA) is 61.3 Å². The van der Waals surface area contributed by atoms with Crippen LogP contribution in [0.4, 0.5) is 0 Å². The quantitative estimate of drug-likeness (QED) is 0.695. The van der Waals surface area contributed by atoms with Crippen LogP contribution in [0.2, 0.25) is 0 Å². The first kappa shape index (κ1) is 14.0. The summed E-state index contributed by atoms with van der Waals surface area (Å²) in [7, 11) is 2.98. The van der Waals surface area contributed by atoms with Gasteiger partial charge in [0.05, 0.1) is 19.8 Å². The summed E-state index contributed by atoms with van der Waals surface area (Å²) in [5, 5.41) is 0.788. The van der Waals surface area contributed by atoms with Gasteiger partial charge in [-0.05, 0) is 29.8 Å². The number of nitrogens with zero attached hydrogens (tertiary/aromatic N) is 2. The normalized spacial score (nSPS) is 10.5. The monoisotopic (exact) mass is 294 g/mol. The van der Waals surface area contributed by atoms with Crippen molar-refractivity contribution in [2.45, 2.75) is 0 Å². The van der Waals surface area contributed by atoms with Crippen molar-refractivity contribution in [3.8, 4) is 16.9 Å². The highest BCUT2D eigenvalue weighted by atomic mass is 16.5. The van der Waals surface area contributed by atoms with E-state index in [4.69, 9.17) is 9.47 Å². The Morgan fingerprint density at radius 1 is 0.955 bits per heavy atom. The van der Waals surface area contributed by atoms with Gasteiger partial charge in [-0.25, -0.2) is 14.8 Å². The number of esters is 1. The fourth-order valence-electron chi connectivity index (χ4n) is 2.19. The van der Waals surface area contributed by atoms with Crippen molar-refractivity contribution in [2.24, 2.45) is 0 Å². The minimum Gasteiger partial charge on any atom is -0.497 e. The third-order valence-electron chi connectivity index (χ3n) is 3.38. The molecule has 1 aromatic carbocycles. The number of ether oxygens (including phenoxy) is 2. The van der Waals surface area contributed by atoms with Crippen LogP contribution in [0.3, 0.4) is 0 Å². The van der Waals surface area contributed by atoms with Gasteiger partial charge in [0, 0.05) is 23.3 Å². The first-order valence-corrected chi connectivity index (χ1v) is 6.70. The number of carbonyl (C=O) groups is 1. The summed E-state index contributed by atoms with van der Waals surface area (Å²) in [6.45, 7) is 0. The number of hydrogen-bond donors (Lipinski definition) is 0. The molecule has 0 radical (unpaired) electrons. The van der Waals surface area contributed by atoms with Crippen molar-refractivity contribution in [1.29, 1.82) is 0 Å². The SMILES string of the molecule is COC(=O)c1cnc2ncc(-c3ccc(OC)cc3)cc2c1. The van der Waals surface area contributed by atoms with E-state index in [1.165, 1.54) is 13.3 Å². The Morgan fingerprint density at radius 3 is 2.36 bits per heavy atom. The molecule has 0 atom stereocenters. The summed E-state index contributed by atoms with van der Waals surface area (Å²) in [6.07, 6.45) is 3.23. The first-order valence-electron chi connectivity index (χ1n) is 6.70. The minimum absolute atomic E-state index is 0.406. The van der Waals surface area contributed by atoms with Gasteiger partial charge in [-0.3, -0.25) is 0 Å². The maximum absolute atomic E-state index is 11.6. The zero-order chi connectivity index (χ0) is 15.5. The molecule has 0 fully saturated rings. The number of rotatable bonds is 3. The Morgan fingerprint density at radius 2 is 1.68 bits per heavy atom. The highest BCUT2D eigenvalue weighted by Crippen LogP contribution is 2.24. The molecule has 0 saturated heterocycles. The average molecular weight is 294 g/mol. The second kappa shape index (κ2) is 5.81. The Labute approximate surface area is 127 Å². The van der Waals surface area contributed by atoms with E-state index in [-0.39, 0.29) is 0 Å². The number of carbonyl (C=O) groups excluding carboxylic acids is 1. The van der Waals surface area contributed by atoms with E-state index in [2.05, 4.69) is 9.97 Å². The molecule has 22 heavy (non-hydrogen) atoms. The van der Waals surface area contributed by atoms with E-state index in [1.807, 2.05) is 30.3 Å². The predicted molar refractivity (Wildman–Crippen MR) is 82.9 cm³/mol. The summed E-state index contributed by atoms with van der Waals surface area (Å²) < 4.78 is 9.87. The van der Waals surface area contributed by atoms with Crippen LogP contribution < -0.4 is 4.74 Å². The second-order valence-corrected chi connectivity index (χ2v) is 4.71. The van der Waals surface area contributed by atoms with Crippen molar-refractivity contribution >= 4 is 17.0 Å². The molecule has 0 amide bonds. The maximum Gasteiger partial charge on any atom is 0.339 e. The predicted octanol–water partition coefficient (Wildman–Crippen LogP) is 3.09. The molecule has 0 N–H and O–H groups in total. The molecule has 5 nitrogen and oxygen atoms in total. The highest BCUT2D eigenvalue weighted by Gasteiger charge is 2.08. The Bertz CT molecular complexity index is 829. The Hall–Kier alpha value is -2.95. The van der Waals surface area contributed by atoms with Crippen LogP contribution in [-0.4, -0.2) is 30.2 Å².